The highest BCUT2D eigenvalue weighted by Crippen LogP contribution is 2.16. The predicted octanol–water partition coefficient (Wildman–Crippen LogP) is 2.08. The van der Waals surface area contributed by atoms with Gasteiger partial charge in [-0.1, -0.05) is 13.3 Å². The van der Waals surface area contributed by atoms with E-state index in [4.69, 9.17) is 5.73 Å². The van der Waals surface area contributed by atoms with Crippen molar-refractivity contribution < 1.29 is 4.79 Å². The molecule has 0 bridgehead atoms. The molecule has 1 aromatic heterocycles. The molecule has 2 N–H and O–H groups in total. The van der Waals surface area contributed by atoms with Crippen molar-refractivity contribution in [3.8, 4) is 0 Å². The summed E-state index contributed by atoms with van der Waals surface area (Å²) in [5, 5.41) is 2.82. The summed E-state index contributed by atoms with van der Waals surface area (Å²) in [4.78, 5) is 16.1. The molecule has 1 atom stereocenters. The van der Waals surface area contributed by atoms with Gasteiger partial charge in [0.1, 0.15) is 5.01 Å². The van der Waals surface area contributed by atoms with E-state index >= 15 is 0 Å². The minimum atomic E-state index is -0.700. The number of carbonyl (C=O) groups is 1. The van der Waals surface area contributed by atoms with E-state index in [1.165, 1.54) is 11.3 Å². The fraction of sp³-hybridized carbons (Fsp3) is 0.636. The number of aromatic nitrogens is 1. The summed E-state index contributed by atoms with van der Waals surface area (Å²) in [7, 11) is 0. The maximum atomic E-state index is 11.9. The van der Waals surface area contributed by atoms with Crippen LogP contribution in [0, 0.1) is 6.92 Å². The van der Waals surface area contributed by atoms with E-state index in [0.29, 0.717) is 6.42 Å². The Morgan fingerprint density at radius 1 is 1.67 bits per heavy atom. The van der Waals surface area contributed by atoms with Gasteiger partial charge in [0, 0.05) is 11.1 Å². The smallest absolute Gasteiger partial charge is 0.159 e. The molecule has 84 valence electrons. The Labute approximate surface area is 94.7 Å². The summed E-state index contributed by atoms with van der Waals surface area (Å²) < 4.78 is 0. The Balaban J connectivity index is 2.63. The molecule has 0 fully saturated rings. The highest BCUT2D eigenvalue weighted by Gasteiger charge is 2.27. The molecule has 0 aliphatic rings. The Morgan fingerprint density at radius 3 is 2.80 bits per heavy atom. The number of aryl methyl sites for hydroxylation is 1. The lowest BCUT2D eigenvalue weighted by Crippen LogP contribution is -2.45. The van der Waals surface area contributed by atoms with E-state index in [1.807, 2.05) is 19.2 Å². The van der Waals surface area contributed by atoms with Crippen molar-refractivity contribution in [2.45, 2.75) is 45.6 Å². The normalized spacial score (nSPS) is 14.9. The number of hydrogen-bond acceptors (Lipinski definition) is 4. The van der Waals surface area contributed by atoms with Gasteiger partial charge in [-0.25, -0.2) is 4.98 Å². The first-order valence-electron chi connectivity index (χ1n) is 5.19. The maximum absolute atomic E-state index is 11.9. The van der Waals surface area contributed by atoms with Crippen LogP contribution in [0.25, 0.3) is 0 Å². The van der Waals surface area contributed by atoms with E-state index in [2.05, 4.69) is 4.98 Å². The molecule has 0 saturated carbocycles. The van der Waals surface area contributed by atoms with Gasteiger partial charge >= 0.3 is 0 Å². The van der Waals surface area contributed by atoms with Crippen molar-refractivity contribution in [3.05, 3.63) is 16.1 Å². The van der Waals surface area contributed by atoms with Crippen molar-refractivity contribution in [3.63, 3.8) is 0 Å². The van der Waals surface area contributed by atoms with Gasteiger partial charge in [0.25, 0.3) is 0 Å². The molecule has 0 spiro atoms. The molecule has 1 rings (SSSR count). The topological polar surface area (TPSA) is 56.0 Å². The first-order chi connectivity index (χ1) is 6.95. The van der Waals surface area contributed by atoms with Crippen LogP contribution in [0.2, 0.25) is 0 Å². The Morgan fingerprint density at radius 2 is 2.33 bits per heavy atom. The molecule has 1 heterocycles. The van der Waals surface area contributed by atoms with Gasteiger partial charge in [0.05, 0.1) is 12.0 Å². The molecule has 0 saturated heterocycles. The molecule has 3 nitrogen and oxygen atoms in total. The predicted molar refractivity (Wildman–Crippen MR) is 63.1 cm³/mol. The number of ketones is 1. The molecule has 15 heavy (non-hydrogen) atoms. The Kier molecular flexibility index (Phi) is 3.99. The van der Waals surface area contributed by atoms with Gasteiger partial charge in [-0.3, -0.25) is 4.79 Å². The highest BCUT2D eigenvalue weighted by atomic mass is 32.1. The van der Waals surface area contributed by atoms with Crippen LogP contribution in [0.3, 0.4) is 0 Å². The molecule has 0 aromatic carbocycles. The van der Waals surface area contributed by atoms with E-state index in [1.54, 1.807) is 6.92 Å². The van der Waals surface area contributed by atoms with Crippen molar-refractivity contribution in [1.82, 2.24) is 4.98 Å². The van der Waals surface area contributed by atoms with Crippen LogP contribution < -0.4 is 5.73 Å². The fourth-order valence-electron chi connectivity index (χ4n) is 1.48. The number of thiazole rings is 1. The summed E-state index contributed by atoms with van der Waals surface area (Å²) in [6, 6.07) is 0. The second-order valence-corrected chi connectivity index (χ2v) is 5.09. The van der Waals surface area contributed by atoms with E-state index in [-0.39, 0.29) is 5.78 Å². The van der Waals surface area contributed by atoms with Crippen LogP contribution in [0.4, 0.5) is 0 Å². The second kappa shape index (κ2) is 4.86. The van der Waals surface area contributed by atoms with Gasteiger partial charge in [0.15, 0.2) is 5.78 Å². The minimum Gasteiger partial charge on any atom is -0.319 e. The molecule has 0 radical (unpaired) electrons. The van der Waals surface area contributed by atoms with Crippen LogP contribution in [-0.2, 0) is 11.2 Å². The van der Waals surface area contributed by atoms with Crippen molar-refractivity contribution in [1.29, 1.82) is 0 Å². The zero-order chi connectivity index (χ0) is 11.5. The van der Waals surface area contributed by atoms with Gasteiger partial charge in [-0.2, -0.15) is 0 Å². The summed E-state index contributed by atoms with van der Waals surface area (Å²) in [6.07, 6.45) is 2.03. The number of carbonyl (C=O) groups excluding carboxylic acids is 1. The minimum absolute atomic E-state index is 0.0821. The lowest BCUT2D eigenvalue weighted by Gasteiger charge is -2.21. The molecule has 1 unspecified atom stereocenters. The largest absolute Gasteiger partial charge is 0.319 e. The van der Waals surface area contributed by atoms with Gasteiger partial charge in [0.2, 0.25) is 0 Å². The molecule has 0 amide bonds. The SMILES string of the molecule is CCCC(C)(N)C(=O)Cc1nc(C)cs1. The zero-order valence-electron chi connectivity index (χ0n) is 9.54. The summed E-state index contributed by atoms with van der Waals surface area (Å²) in [5.74, 6) is 0.0821. The average Bonchev–Trinajstić information content (AvgIpc) is 2.51. The summed E-state index contributed by atoms with van der Waals surface area (Å²) in [5.41, 5.74) is 6.22. The second-order valence-electron chi connectivity index (χ2n) is 4.15. The third-order valence-electron chi connectivity index (χ3n) is 2.38. The van der Waals surface area contributed by atoms with Crippen LogP contribution in [-0.4, -0.2) is 16.3 Å². The molecule has 1 aromatic rings. The van der Waals surface area contributed by atoms with Crippen LogP contribution in [0.15, 0.2) is 5.38 Å². The van der Waals surface area contributed by atoms with Crippen molar-refractivity contribution in [2.75, 3.05) is 0 Å². The molecule has 0 aliphatic carbocycles. The van der Waals surface area contributed by atoms with Crippen molar-refractivity contribution >= 4 is 17.1 Å². The Hall–Kier alpha value is -0.740. The first kappa shape index (κ1) is 12.3. The maximum Gasteiger partial charge on any atom is 0.159 e. The van der Waals surface area contributed by atoms with Crippen molar-refractivity contribution in [2.24, 2.45) is 5.73 Å². The number of nitrogens with two attached hydrogens (primary N) is 1. The third-order valence-corrected chi connectivity index (χ3v) is 3.35. The molecule has 0 aliphatic heterocycles. The van der Waals surface area contributed by atoms with E-state index in [0.717, 1.165) is 23.5 Å². The highest BCUT2D eigenvalue weighted by molar-refractivity contribution is 7.09. The first-order valence-corrected chi connectivity index (χ1v) is 6.07. The number of rotatable bonds is 5. The van der Waals surface area contributed by atoms with E-state index < -0.39 is 5.54 Å². The lowest BCUT2D eigenvalue weighted by molar-refractivity contribution is -0.123. The number of Topliss-reactive ketones (excluding diaryl/α,β-unsaturated/α-hetero) is 1. The number of hydrogen-bond donors (Lipinski definition) is 1. The van der Waals surface area contributed by atoms with Crippen LogP contribution >= 0.6 is 11.3 Å². The lowest BCUT2D eigenvalue weighted by atomic mass is 9.91. The fourth-order valence-corrected chi connectivity index (χ4v) is 2.25. The standard InChI is InChI=1S/C11H18N2OS/c1-4-5-11(3,12)9(14)6-10-13-8(2)7-15-10/h7H,4-6,12H2,1-3H3. The quantitative estimate of drug-likeness (QED) is 0.836. The molecule has 4 heteroatoms. The van der Waals surface area contributed by atoms with Gasteiger partial charge in [-0.15, -0.1) is 11.3 Å². The number of nitrogens with zero attached hydrogens (tertiary/aromatic N) is 1. The third kappa shape index (κ3) is 3.39. The zero-order valence-corrected chi connectivity index (χ0v) is 10.4. The Bertz CT molecular complexity index is 344. The average molecular weight is 226 g/mol. The van der Waals surface area contributed by atoms with Gasteiger partial charge < -0.3 is 5.73 Å². The van der Waals surface area contributed by atoms with Crippen LogP contribution in [0.1, 0.15) is 37.4 Å². The van der Waals surface area contributed by atoms with Crippen LogP contribution in [0.5, 0.6) is 0 Å². The van der Waals surface area contributed by atoms with E-state index in [9.17, 15) is 4.79 Å². The monoisotopic (exact) mass is 226 g/mol. The summed E-state index contributed by atoms with van der Waals surface area (Å²) in [6.45, 7) is 5.77. The molecular formula is C11H18N2OS. The van der Waals surface area contributed by atoms with Gasteiger partial charge in [-0.05, 0) is 20.3 Å². The summed E-state index contributed by atoms with van der Waals surface area (Å²) >= 11 is 1.52. The molecular weight excluding hydrogens is 208 g/mol.